The zero-order valence-corrected chi connectivity index (χ0v) is 15.5. The largest absolute Gasteiger partial charge is 0.423 e. The van der Waals surface area contributed by atoms with E-state index in [4.69, 9.17) is 18.9 Å². The van der Waals surface area contributed by atoms with Crippen LogP contribution >= 0.6 is 0 Å². The molecule has 0 aromatic carbocycles. The molecule has 0 amide bonds. The molecule has 2 saturated carbocycles. The van der Waals surface area contributed by atoms with E-state index in [0.717, 1.165) is 25.7 Å². The summed E-state index contributed by atoms with van der Waals surface area (Å²) in [4.78, 5) is 24.9. The fourth-order valence-corrected chi connectivity index (χ4v) is 4.39. The van der Waals surface area contributed by atoms with Gasteiger partial charge in [-0.05, 0) is 52.4 Å². The maximum absolute atomic E-state index is 12.5. The number of hydrogen-bond donors (Lipinski definition) is 0. The highest BCUT2D eigenvalue weighted by Crippen LogP contribution is 2.50. The number of carbonyl (C=O) groups is 2. The van der Waals surface area contributed by atoms with Gasteiger partial charge >= 0.3 is 11.9 Å². The second kappa shape index (κ2) is 5.43. The molecule has 6 nitrogen and oxygen atoms in total. The summed E-state index contributed by atoms with van der Waals surface area (Å²) in [5.41, 5.74) is -0.0573. The lowest BCUT2D eigenvalue weighted by molar-refractivity contribution is -0.222. The first-order chi connectivity index (χ1) is 11.6. The molecule has 6 atom stereocenters. The molecule has 4 aliphatic rings. The van der Waals surface area contributed by atoms with E-state index >= 15 is 0 Å². The van der Waals surface area contributed by atoms with Crippen LogP contribution in [0.15, 0.2) is 0 Å². The van der Waals surface area contributed by atoms with E-state index in [2.05, 4.69) is 13.8 Å². The Labute approximate surface area is 148 Å². The number of ether oxygens (including phenoxy) is 4. The average Bonchev–Trinajstić information content (AvgIpc) is 3.37. The molecular formula is C19H28O6. The summed E-state index contributed by atoms with van der Waals surface area (Å²) in [6, 6.07) is 0. The van der Waals surface area contributed by atoms with E-state index in [1.807, 2.05) is 0 Å². The lowest BCUT2D eigenvalue weighted by atomic mass is 9.83. The third kappa shape index (κ3) is 3.31. The summed E-state index contributed by atoms with van der Waals surface area (Å²) < 4.78 is 22.3. The molecule has 140 valence electrons. The van der Waals surface area contributed by atoms with Gasteiger partial charge in [0.1, 0.15) is 0 Å². The van der Waals surface area contributed by atoms with Crippen LogP contribution in [0.3, 0.4) is 0 Å². The second-order valence-corrected chi connectivity index (χ2v) is 9.02. The molecule has 2 heterocycles. The zero-order chi connectivity index (χ0) is 18.0. The molecule has 2 saturated heterocycles. The van der Waals surface area contributed by atoms with Crippen molar-refractivity contribution in [2.45, 2.75) is 95.4 Å². The summed E-state index contributed by atoms with van der Waals surface area (Å²) in [7, 11) is 0. The first-order valence-electron chi connectivity index (χ1n) is 9.42. The van der Waals surface area contributed by atoms with E-state index in [-0.39, 0.29) is 47.2 Å². The fourth-order valence-electron chi connectivity index (χ4n) is 4.39. The fraction of sp³-hybridized carbons (Fsp3) is 0.895. The molecule has 4 rings (SSSR count). The average molecular weight is 352 g/mol. The third-order valence-electron chi connectivity index (χ3n) is 6.41. The Bertz CT molecular complexity index is 551. The summed E-state index contributed by atoms with van der Waals surface area (Å²) in [5.74, 6) is -2.18. The standard InChI is InChI=1S/C19H28O6/c1-17(2,24-15(20)11-5-7-18(3)13(9-11)22-18)25-16(21)12-6-8-19(4)14(10-12)23-19/h11-14H,5-10H2,1-4H3. The molecule has 6 heteroatoms. The highest BCUT2D eigenvalue weighted by molar-refractivity contribution is 5.75. The molecule has 0 bridgehead atoms. The van der Waals surface area contributed by atoms with Gasteiger partial charge in [0, 0.05) is 13.8 Å². The van der Waals surface area contributed by atoms with Crippen molar-refractivity contribution in [2.75, 3.05) is 0 Å². The van der Waals surface area contributed by atoms with Crippen LogP contribution in [0.25, 0.3) is 0 Å². The Kier molecular flexibility index (Phi) is 3.75. The number of carbonyl (C=O) groups excluding carboxylic acids is 2. The van der Waals surface area contributed by atoms with Gasteiger partial charge < -0.3 is 18.9 Å². The van der Waals surface area contributed by atoms with E-state index in [0.29, 0.717) is 12.8 Å². The van der Waals surface area contributed by atoms with Crippen molar-refractivity contribution in [3.8, 4) is 0 Å². The van der Waals surface area contributed by atoms with Crippen LogP contribution in [0.5, 0.6) is 0 Å². The monoisotopic (exact) mass is 352 g/mol. The second-order valence-electron chi connectivity index (χ2n) is 9.02. The normalized spacial score (nSPS) is 45.0. The zero-order valence-electron chi connectivity index (χ0n) is 15.5. The Hall–Kier alpha value is -1.14. The molecule has 25 heavy (non-hydrogen) atoms. The van der Waals surface area contributed by atoms with Crippen LogP contribution in [-0.4, -0.2) is 41.1 Å². The van der Waals surface area contributed by atoms with Crippen LogP contribution < -0.4 is 0 Å². The molecule has 0 aromatic rings. The SMILES string of the molecule is CC(C)(OC(=O)C1CCC2(C)OC2C1)OC(=O)C1CCC2(C)OC2C1. The first kappa shape index (κ1) is 17.3. The first-order valence-corrected chi connectivity index (χ1v) is 9.42. The predicted molar refractivity (Wildman–Crippen MR) is 87.5 cm³/mol. The molecule has 0 N–H and O–H groups in total. The molecule has 0 spiro atoms. The highest BCUT2D eigenvalue weighted by Gasteiger charge is 2.58. The predicted octanol–water partition coefficient (Wildman–Crippen LogP) is 2.72. The van der Waals surface area contributed by atoms with Crippen molar-refractivity contribution in [3.05, 3.63) is 0 Å². The van der Waals surface area contributed by atoms with Gasteiger partial charge in [0.15, 0.2) is 0 Å². The van der Waals surface area contributed by atoms with Crippen molar-refractivity contribution in [1.82, 2.24) is 0 Å². The number of esters is 2. The molecule has 2 aliphatic carbocycles. The van der Waals surface area contributed by atoms with Gasteiger partial charge in [-0.15, -0.1) is 0 Å². The summed E-state index contributed by atoms with van der Waals surface area (Å²) >= 11 is 0. The lowest BCUT2D eigenvalue weighted by Crippen LogP contribution is -2.40. The number of epoxide rings is 2. The van der Waals surface area contributed by atoms with Crippen LogP contribution in [0.4, 0.5) is 0 Å². The van der Waals surface area contributed by atoms with Crippen LogP contribution in [-0.2, 0) is 28.5 Å². The molecule has 0 radical (unpaired) electrons. The van der Waals surface area contributed by atoms with Crippen LogP contribution in [0.1, 0.15) is 66.2 Å². The van der Waals surface area contributed by atoms with Crippen molar-refractivity contribution < 1.29 is 28.5 Å². The summed E-state index contributed by atoms with van der Waals surface area (Å²) in [6.45, 7) is 7.43. The molecule has 2 aliphatic heterocycles. The van der Waals surface area contributed by atoms with Gasteiger partial charge in [0.05, 0.1) is 35.2 Å². The Balaban J connectivity index is 1.28. The summed E-state index contributed by atoms with van der Waals surface area (Å²) in [6.07, 6.45) is 4.99. The highest BCUT2D eigenvalue weighted by atomic mass is 16.7. The van der Waals surface area contributed by atoms with Gasteiger partial charge in [-0.3, -0.25) is 9.59 Å². The minimum absolute atomic E-state index is 0.0286. The maximum Gasteiger partial charge on any atom is 0.312 e. The van der Waals surface area contributed by atoms with Crippen molar-refractivity contribution in [2.24, 2.45) is 11.8 Å². The number of fused-ring (bicyclic) bond motifs is 2. The Morgan fingerprint density at radius 2 is 1.28 bits per heavy atom. The molecule has 4 fully saturated rings. The van der Waals surface area contributed by atoms with E-state index < -0.39 is 5.79 Å². The molecular weight excluding hydrogens is 324 g/mol. The van der Waals surface area contributed by atoms with E-state index in [1.165, 1.54) is 0 Å². The minimum Gasteiger partial charge on any atom is -0.423 e. The van der Waals surface area contributed by atoms with Crippen molar-refractivity contribution in [1.29, 1.82) is 0 Å². The quantitative estimate of drug-likeness (QED) is 0.440. The van der Waals surface area contributed by atoms with Crippen molar-refractivity contribution in [3.63, 3.8) is 0 Å². The van der Waals surface area contributed by atoms with E-state index in [1.54, 1.807) is 13.8 Å². The van der Waals surface area contributed by atoms with E-state index in [9.17, 15) is 9.59 Å². The van der Waals surface area contributed by atoms with Gasteiger partial charge in [0.25, 0.3) is 5.79 Å². The van der Waals surface area contributed by atoms with Crippen molar-refractivity contribution >= 4 is 11.9 Å². The van der Waals surface area contributed by atoms with Gasteiger partial charge in [-0.1, -0.05) is 0 Å². The summed E-state index contributed by atoms with van der Waals surface area (Å²) in [5, 5.41) is 0. The third-order valence-corrected chi connectivity index (χ3v) is 6.41. The Morgan fingerprint density at radius 3 is 1.64 bits per heavy atom. The Morgan fingerprint density at radius 1 is 0.880 bits per heavy atom. The van der Waals surface area contributed by atoms with Gasteiger partial charge in [0.2, 0.25) is 0 Å². The lowest BCUT2D eigenvalue weighted by Gasteiger charge is -2.30. The number of rotatable bonds is 4. The minimum atomic E-state index is -1.25. The topological polar surface area (TPSA) is 77.7 Å². The van der Waals surface area contributed by atoms with Crippen LogP contribution in [0, 0.1) is 11.8 Å². The molecule has 6 unspecified atom stereocenters. The molecule has 0 aromatic heterocycles. The smallest absolute Gasteiger partial charge is 0.312 e. The van der Waals surface area contributed by atoms with Gasteiger partial charge in [-0.2, -0.15) is 0 Å². The number of hydrogen-bond acceptors (Lipinski definition) is 6. The van der Waals surface area contributed by atoms with Crippen LogP contribution in [0.2, 0.25) is 0 Å². The van der Waals surface area contributed by atoms with Gasteiger partial charge in [-0.25, -0.2) is 0 Å². The maximum atomic E-state index is 12.5.